The molecule has 0 unspecified atom stereocenters. The molecule has 0 aliphatic rings. The predicted octanol–water partition coefficient (Wildman–Crippen LogP) is 4.56. The van der Waals surface area contributed by atoms with Crippen molar-refractivity contribution in [3.63, 3.8) is 0 Å². The van der Waals surface area contributed by atoms with Crippen LogP contribution in [0.4, 0.5) is 10.1 Å². The number of amides is 2. The smallest absolute Gasteiger partial charge is 0.270 e. The van der Waals surface area contributed by atoms with Crippen LogP contribution in [0.25, 0.3) is 0 Å². The number of ether oxygens (including phenoxy) is 1. The minimum Gasteiger partial charge on any atom is -0.457 e. The first kappa shape index (κ1) is 22.0. The Balaban J connectivity index is 1.59. The first-order valence-corrected chi connectivity index (χ1v) is 9.88. The van der Waals surface area contributed by atoms with E-state index in [1.807, 2.05) is 19.1 Å². The number of anilines is 1. The monoisotopic (exact) mass is 421 g/mol. The van der Waals surface area contributed by atoms with Gasteiger partial charge in [0, 0.05) is 25.2 Å². The first-order valence-electron chi connectivity index (χ1n) is 9.88. The summed E-state index contributed by atoms with van der Waals surface area (Å²) in [5, 5.41) is 5.17. The molecule has 2 amide bonds. The van der Waals surface area contributed by atoms with E-state index in [0.29, 0.717) is 29.2 Å². The molecule has 1 aromatic heterocycles. The van der Waals surface area contributed by atoms with E-state index in [1.165, 1.54) is 12.3 Å². The average Bonchev–Trinajstić information content (AvgIpc) is 2.76. The van der Waals surface area contributed by atoms with E-state index in [2.05, 4.69) is 15.6 Å². The number of aromatic nitrogens is 1. The van der Waals surface area contributed by atoms with Crippen LogP contribution in [0.3, 0.4) is 0 Å². The number of aryl methyl sites for hydroxylation is 2. The van der Waals surface area contributed by atoms with Crippen molar-refractivity contribution in [2.75, 3.05) is 12.4 Å². The maximum atomic E-state index is 13.8. The van der Waals surface area contributed by atoms with Gasteiger partial charge in [-0.1, -0.05) is 18.2 Å². The van der Waals surface area contributed by atoms with E-state index in [1.54, 1.807) is 44.3 Å². The van der Waals surface area contributed by atoms with Gasteiger partial charge >= 0.3 is 0 Å². The summed E-state index contributed by atoms with van der Waals surface area (Å²) in [7, 11) is 1.55. The van der Waals surface area contributed by atoms with Gasteiger partial charge in [0.25, 0.3) is 5.91 Å². The van der Waals surface area contributed by atoms with Crippen molar-refractivity contribution in [2.24, 2.45) is 0 Å². The van der Waals surface area contributed by atoms with Crippen LogP contribution in [-0.4, -0.2) is 23.8 Å². The van der Waals surface area contributed by atoms with Crippen molar-refractivity contribution < 1.29 is 18.7 Å². The zero-order chi connectivity index (χ0) is 22.4. The van der Waals surface area contributed by atoms with E-state index in [-0.39, 0.29) is 23.9 Å². The van der Waals surface area contributed by atoms with Crippen LogP contribution in [0.15, 0.2) is 54.7 Å². The second kappa shape index (κ2) is 9.84. The molecule has 0 saturated carbocycles. The molecule has 0 aliphatic carbocycles. The van der Waals surface area contributed by atoms with Crippen molar-refractivity contribution in [3.05, 3.63) is 82.9 Å². The predicted molar refractivity (Wildman–Crippen MR) is 117 cm³/mol. The van der Waals surface area contributed by atoms with Gasteiger partial charge in [0.15, 0.2) is 0 Å². The lowest BCUT2D eigenvalue weighted by molar-refractivity contribution is -0.116. The molecule has 0 fully saturated rings. The standard InChI is InChI=1S/C24H24FN3O3/c1-15-4-10-19(25)20(14-15)28-22(29)11-7-17-5-8-18(9-6-17)31-21-12-13-27-23(16(21)2)24(30)26-3/h4-6,8-10,12-14H,7,11H2,1-3H3,(H,26,30)(H,28,29). The zero-order valence-corrected chi connectivity index (χ0v) is 17.7. The summed E-state index contributed by atoms with van der Waals surface area (Å²) in [6, 6.07) is 13.6. The molecule has 0 atom stereocenters. The van der Waals surface area contributed by atoms with Crippen LogP contribution in [0.2, 0.25) is 0 Å². The minimum atomic E-state index is -0.452. The number of hydrogen-bond donors (Lipinski definition) is 2. The highest BCUT2D eigenvalue weighted by Crippen LogP contribution is 2.26. The van der Waals surface area contributed by atoms with Gasteiger partial charge < -0.3 is 15.4 Å². The van der Waals surface area contributed by atoms with Crippen LogP contribution in [0.5, 0.6) is 11.5 Å². The molecule has 3 aromatic rings. The third-order valence-corrected chi connectivity index (χ3v) is 4.78. The van der Waals surface area contributed by atoms with Crippen LogP contribution in [0.1, 0.15) is 33.6 Å². The molecule has 0 aliphatic heterocycles. The second-order valence-corrected chi connectivity index (χ2v) is 7.14. The molecular weight excluding hydrogens is 397 g/mol. The largest absolute Gasteiger partial charge is 0.457 e. The molecule has 7 heteroatoms. The van der Waals surface area contributed by atoms with Crippen LogP contribution >= 0.6 is 0 Å². The van der Waals surface area contributed by atoms with Crippen molar-refractivity contribution in [1.29, 1.82) is 0 Å². The molecule has 0 saturated heterocycles. The van der Waals surface area contributed by atoms with Gasteiger partial charge in [0.1, 0.15) is 23.0 Å². The van der Waals surface area contributed by atoms with Crippen molar-refractivity contribution in [2.45, 2.75) is 26.7 Å². The number of carbonyl (C=O) groups excluding carboxylic acids is 2. The van der Waals surface area contributed by atoms with E-state index >= 15 is 0 Å². The molecule has 2 aromatic carbocycles. The Bertz CT molecular complexity index is 1100. The topological polar surface area (TPSA) is 80.3 Å². The van der Waals surface area contributed by atoms with Gasteiger partial charge in [-0.2, -0.15) is 0 Å². The SMILES string of the molecule is CNC(=O)c1nccc(Oc2ccc(CCC(=O)Nc3cc(C)ccc3F)cc2)c1C. The van der Waals surface area contributed by atoms with Gasteiger partial charge in [-0.15, -0.1) is 0 Å². The normalized spacial score (nSPS) is 10.5. The molecule has 6 nitrogen and oxygen atoms in total. The molecule has 2 N–H and O–H groups in total. The number of nitrogens with one attached hydrogen (secondary N) is 2. The molecule has 1 heterocycles. The lowest BCUT2D eigenvalue weighted by Gasteiger charge is -2.11. The Morgan fingerprint density at radius 3 is 2.52 bits per heavy atom. The number of pyridine rings is 1. The van der Waals surface area contributed by atoms with E-state index < -0.39 is 5.82 Å². The quantitative estimate of drug-likeness (QED) is 0.586. The van der Waals surface area contributed by atoms with Crippen LogP contribution in [-0.2, 0) is 11.2 Å². The van der Waals surface area contributed by atoms with Crippen LogP contribution < -0.4 is 15.4 Å². The summed E-state index contributed by atoms with van der Waals surface area (Å²) in [6.45, 7) is 3.61. The van der Waals surface area contributed by atoms with Gasteiger partial charge in [-0.3, -0.25) is 14.6 Å². The average molecular weight is 421 g/mol. The molecule has 160 valence electrons. The van der Waals surface area contributed by atoms with Gasteiger partial charge in [-0.05, 0) is 61.7 Å². The number of benzene rings is 2. The number of nitrogens with zero attached hydrogens (tertiary/aromatic N) is 1. The Hall–Kier alpha value is -3.74. The lowest BCUT2D eigenvalue weighted by Crippen LogP contribution is -2.20. The van der Waals surface area contributed by atoms with E-state index in [9.17, 15) is 14.0 Å². The third kappa shape index (κ3) is 5.66. The fourth-order valence-electron chi connectivity index (χ4n) is 3.03. The highest BCUT2D eigenvalue weighted by atomic mass is 19.1. The van der Waals surface area contributed by atoms with Crippen molar-refractivity contribution in [3.8, 4) is 11.5 Å². The first-order chi connectivity index (χ1) is 14.9. The fourth-order valence-corrected chi connectivity index (χ4v) is 3.03. The highest BCUT2D eigenvalue weighted by molar-refractivity contribution is 5.94. The zero-order valence-electron chi connectivity index (χ0n) is 17.7. The summed E-state index contributed by atoms with van der Waals surface area (Å²) < 4.78 is 19.7. The third-order valence-electron chi connectivity index (χ3n) is 4.78. The summed E-state index contributed by atoms with van der Waals surface area (Å²) in [5.74, 6) is 0.167. The number of halogens is 1. The molecule has 3 rings (SSSR count). The summed E-state index contributed by atoms with van der Waals surface area (Å²) in [6.07, 6.45) is 2.26. The second-order valence-electron chi connectivity index (χ2n) is 7.14. The maximum absolute atomic E-state index is 13.8. The van der Waals surface area contributed by atoms with Crippen molar-refractivity contribution in [1.82, 2.24) is 10.3 Å². The molecule has 0 radical (unpaired) electrons. The van der Waals surface area contributed by atoms with E-state index in [0.717, 1.165) is 11.1 Å². The maximum Gasteiger partial charge on any atom is 0.270 e. The molecular formula is C24H24FN3O3. The Labute approximate surface area is 180 Å². The Morgan fingerprint density at radius 1 is 1.06 bits per heavy atom. The van der Waals surface area contributed by atoms with Crippen molar-refractivity contribution >= 4 is 17.5 Å². The fraction of sp³-hybridized carbons (Fsp3) is 0.208. The van der Waals surface area contributed by atoms with Gasteiger partial charge in [-0.25, -0.2) is 4.39 Å². The summed E-state index contributed by atoms with van der Waals surface area (Å²) in [4.78, 5) is 28.1. The Morgan fingerprint density at radius 2 is 1.81 bits per heavy atom. The Kier molecular flexibility index (Phi) is 6.97. The van der Waals surface area contributed by atoms with Gasteiger partial charge in [0.2, 0.25) is 5.91 Å². The number of hydrogen-bond acceptors (Lipinski definition) is 4. The van der Waals surface area contributed by atoms with E-state index in [4.69, 9.17) is 4.74 Å². The lowest BCUT2D eigenvalue weighted by atomic mass is 10.1. The van der Waals surface area contributed by atoms with Gasteiger partial charge in [0.05, 0.1) is 5.69 Å². The van der Waals surface area contributed by atoms with Crippen LogP contribution in [0, 0.1) is 19.7 Å². The summed E-state index contributed by atoms with van der Waals surface area (Å²) in [5.41, 5.74) is 2.97. The molecule has 0 bridgehead atoms. The summed E-state index contributed by atoms with van der Waals surface area (Å²) >= 11 is 0. The molecule has 31 heavy (non-hydrogen) atoms. The number of rotatable bonds is 7. The highest BCUT2D eigenvalue weighted by Gasteiger charge is 2.13. The molecule has 0 spiro atoms. The minimum absolute atomic E-state index is 0.192. The number of carbonyl (C=O) groups is 2.